The second kappa shape index (κ2) is 4.87. The summed E-state index contributed by atoms with van der Waals surface area (Å²) in [6, 6.07) is 14.1. The van der Waals surface area contributed by atoms with E-state index < -0.39 is 0 Å². The van der Waals surface area contributed by atoms with Crippen LogP contribution in [0.3, 0.4) is 0 Å². The lowest BCUT2D eigenvalue weighted by Crippen LogP contribution is -2.07. The van der Waals surface area contributed by atoms with Crippen molar-refractivity contribution in [3.05, 3.63) is 42.5 Å². The van der Waals surface area contributed by atoms with Crippen molar-refractivity contribution in [2.24, 2.45) is 0 Å². The molecule has 0 fully saturated rings. The van der Waals surface area contributed by atoms with Gasteiger partial charge >= 0.3 is 0 Å². The van der Waals surface area contributed by atoms with Gasteiger partial charge < -0.3 is 9.64 Å². The normalized spacial score (nSPS) is 10.1. The molecular formula is C14H16N2O. The number of ether oxygens (including phenoxy) is 1. The summed E-state index contributed by atoms with van der Waals surface area (Å²) in [5.41, 5.74) is 3.20. The highest BCUT2D eigenvalue weighted by Crippen LogP contribution is 2.22. The van der Waals surface area contributed by atoms with E-state index in [-0.39, 0.29) is 0 Å². The minimum Gasteiger partial charge on any atom is -0.481 e. The smallest absolute Gasteiger partial charge is 0.213 e. The van der Waals surface area contributed by atoms with Crippen molar-refractivity contribution in [2.45, 2.75) is 0 Å². The first kappa shape index (κ1) is 11.5. The van der Waals surface area contributed by atoms with Crippen LogP contribution in [0.2, 0.25) is 0 Å². The fourth-order valence-electron chi connectivity index (χ4n) is 1.62. The number of hydrogen-bond donors (Lipinski definition) is 0. The second-order valence-electron chi connectivity index (χ2n) is 4.01. The van der Waals surface area contributed by atoms with Crippen LogP contribution in [0.15, 0.2) is 42.5 Å². The Labute approximate surface area is 102 Å². The Kier molecular flexibility index (Phi) is 3.28. The van der Waals surface area contributed by atoms with Gasteiger partial charge in [-0.25, -0.2) is 4.98 Å². The van der Waals surface area contributed by atoms with E-state index in [0.29, 0.717) is 5.88 Å². The van der Waals surface area contributed by atoms with Crippen LogP contribution in [-0.4, -0.2) is 26.2 Å². The molecule has 1 aromatic carbocycles. The lowest BCUT2D eigenvalue weighted by atomic mass is 10.1. The van der Waals surface area contributed by atoms with Gasteiger partial charge in [-0.05, 0) is 18.2 Å². The maximum atomic E-state index is 5.12. The summed E-state index contributed by atoms with van der Waals surface area (Å²) in [5, 5.41) is 0. The third kappa shape index (κ3) is 2.56. The third-order valence-electron chi connectivity index (χ3n) is 2.61. The average molecular weight is 228 g/mol. The first-order chi connectivity index (χ1) is 8.20. The van der Waals surface area contributed by atoms with Gasteiger partial charge in [-0.2, -0.15) is 0 Å². The Morgan fingerprint density at radius 2 is 1.71 bits per heavy atom. The third-order valence-corrected chi connectivity index (χ3v) is 2.61. The van der Waals surface area contributed by atoms with Gasteiger partial charge in [-0.15, -0.1) is 0 Å². The number of nitrogens with zero attached hydrogens (tertiary/aromatic N) is 2. The second-order valence-corrected chi connectivity index (χ2v) is 4.01. The van der Waals surface area contributed by atoms with E-state index in [0.717, 1.165) is 11.3 Å². The van der Waals surface area contributed by atoms with E-state index >= 15 is 0 Å². The molecule has 0 radical (unpaired) electrons. The van der Waals surface area contributed by atoms with Crippen molar-refractivity contribution >= 4 is 5.69 Å². The summed E-state index contributed by atoms with van der Waals surface area (Å²) in [6.07, 6.45) is 0. The van der Waals surface area contributed by atoms with Crippen LogP contribution >= 0.6 is 0 Å². The number of anilines is 1. The molecule has 2 aromatic rings. The van der Waals surface area contributed by atoms with Gasteiger partial charge in [0, 0.05) is 31.4 Å². The molecule has 0 aliphatic rings. The highest BCUT2D eigenvalue weighted by atomic mass is 16.5. The molecule has 0 spiro atoms. The fourth-order valence-corrected chi connectivity index (χ4v) is 1.62. The number of pyridine rings is 1. The minimum absolute atomic E-state index is 0.638. The van der Waals surface area contributed by atoms with Gasteiger partial charge in [-0.3, -0.25) is 0 Å². The lowest BCUT2D eigenvalue weighted by molar-refractivity contribution is 0.398. The Hall–Kier alpha value is -2.03. The lowest BCUT2D eigenvalue weighted by Gasteiger charge is -2.12. The maximum Gasteiger partial charge on any atom is 0.213 e. The predicted octanol–water partition coefficient (Wildman–Crippen LogP) is 2.82. The highest BCUT2D eigenvalue weighted by molar-refractivity contribution is 5.63. The Bertz CT molecular complexity index is 492. The largest absolute Gasteiger partial charge is 0.481 e. The van der Waals surface area contributed by atoms with Crippen LogP contribution in [-0.2, 0) is 0 Å². The van der Waals surface area contributed by atoms with E-state index in [1.807, 2.05) is 32.3 Å². The van der Waals surface area contributed by atoms with E-state index in [4.69, 9.17) is 4.74 Å². The first-order valence-corrected chi connectivity index (χ1v) is 5.49. The van der Waals surface area contributed by atoms with Gasteiger partial charge in [0.25, 0.3) is 0 Å². The van der Waals surface area contributed by atoms with Crippen molar-refractivity contribution in [1.29, 1.82) is 0 Å². The number of aromatic nitrogens is 1. The van der Waals surface area contributed by atoms with Crippen molar-refractivity contribution in [1.82, 2.24) is 4.98 Å². The monoisotopic (exact) mass is 228 g/mol. The molecule has 0 amide bonds. The van der Waals surface area contributed by atoms with Gasteiger partial charge in [-0.1, -0.05) is 18.2 Å². The summed E-state index contributed by atoms with van der Waals surface area (Å²) in [4.78, 5) is 6.47. The summed E-state index contributed by atoms with van der Waals surface area (Å²) in [6.45, 7) is 0. The molecule has 0 atom stereocenters. The molecule has 17 heavy (non-hydrogen) atoms. The number of hydrogen-bond acceptors (Lipinski definition) is 3. The van der Waals surface area contributed by atoms with Gasteiger partial charge in [0.15, 0.2) is 0 Å². The zero-order valence-corrected chi connectivity index (χ0v) is 10.3. The van der Waals surface area contributed by atoms with Crippen molar-refractivity contribution in [3.8, 4) is 17.1 Å². The molecule has 3 nitrogen and oxygen atoms in total. The molecule has 1 aromatic heterocycles. The van der Waals surface area contributed by atoms with Crippen LogP contribution in [0.5, 0.6) is 5.88 Å². The predicted molar refractivity (Wildman–Crippen MR) is 70.6 cm³/mol. The van der Waals surface area contributed by atoms with E-state index in [2.05, 4.69) is 34.1 Å². The van der Waals surface area contributed by atoms with Crippen LogP contribution in [0.1, 0.15) is 0 Å². The van der Waals surface area contributed by atoms with Crippen LogP contribution in [0.25, 0.3) is 11.3 Å². The minimum atomic E-state index is 0.638. The summed E-state index contributed by atoms with van der Waals surface area (Å²) in [5.74, 6) is 0.638. The molecule has 0 aliphatic carbocycles. The van der Waals surface area contributed by atoms with E-state index in [1.54, 1.807) is 7.11 Å². The molecular weight excluding hydrogens is 212 g/mol. The van der Waals surface area contributed by atoms with Gasteiger partial charge in [0.1, 0.15) is 0 Å². The topological polar surface area (TPSA) is 25.4 Å². The molecule has 88 valence electrons. The molecule has 0 saturated heterocycles. The van der Waals surface area contributed by atoms with Crippen molar-refractivity contribution < 1.29 is 4.74 Å². The molecule has 1 heterocycles. The standard InChI is InChI=1S/C14H16N2O/c1-16(2)12-9-7-11(8-10-12)13-5-4-6-14(15-13)17-3/h4-10H,1-3H3. The molecule has 0 saturated carbocycles. The summed E-state index contributed by atoms with van der Waals surface area (Å²) < 4.78 is 5.12. The van der Waals surface area contributed by atoms with Crippen LogP contribution < -0.4 is 9.64 Å². The number of methoxy groups -OCH3 is 1. The quantitative estimate of drug-likeness (QED) is 0.807. The zero-order chi connectivity index (χ0) is 12.3. The summed E-state index contributed by atoms with van der Waals surface area (Å²) in [7, 11) is 5.68. The fraction of sp³-hybridized carbons (Fsp3) is 0.214. The molecule has 0 unspecified atom stereocenters. The molecule has 3 heteroatoms. The first-order valence-electron chi connectivity index (χ1n) is 5.49. The average Bonchev–Trinajstić information content (AvgIpc) is 2.39. The van der Waals surface area contributed by atoms with Crippen molar-refractivity contribution in [2.75, 3.05) is 26.1 Å². The zero-order valence-electron chi connectivity index (χ0n) is 10.3. The van der Waals surface area contributed by atoms with E-state index in [9.17, 15) is 0 Å². The molecule has 0 N–H and O–H groups in total. The van der Waals surface area contributed by atoms with Gasteiger partial charge in [0.2, 0.25) is 5.88 Å². The Morgan fingerprint density at radius 3 is 2.29 bits per heavy atom. The molecule has 0 bridgehead atoms. The summed E-state index contributed by atoms with van der Waals surface area (Å²) >= 11 is 0. The number of rotatable bonds is 3. The Balaban J connectivity index is 2.32. The van der Waals surface area contributed by atoms with Crippen LogP contribution in [0.4, 0.5) is 5.69 Å². The van der Waals surface area contributed by atoms with Crippen LogP contribution in [0, 0.1) is 0 Å². The van der Waals surface area contributed by atoms with Gasteiger partial charge in [0.05, 0.1) is 12.8 Å². The molecule has 0 aliphatic heterocycles. The Morgan fingerprint density at radius 1 is 1.00 bits per heavy atom. The highest BCUT2D eigenvalue weighted by Gasteiger charge is 2.01. The number of benzene rings is 1. The maximum absolute atomic E-state index is 5.12. The van der Waals surface area contributed by atoms with E-state index in [1.165, 1.54) is 5.69 Å². The molecule has 2 rings (SSSR count). The van der Waals surface area contributed by atoms with Crippen molar-refractivity contribution in [3.63, 3.8) is 0 Å². The SMILES string of the molecule is COc1cccc(-c2ccc(N(C)C)cc2)n1.